The summed E-state index contributed by atoms with van der Waals surface area (Å²) in [6.07, 6.45) is 34.4. The molecule has 0 aliphatic carbocycles. The molecule has 10 heteroatoms. The molecule has 52 heavy (non-hydrogen) atoms. The molecule has 9 nitrogen and oxygen atoms in total. The monoisotopic (exact) mass is 763 g/mol. The first-order chi connectivity index (χ1) is 25.0. The maximum atomic E-state index is 12.7. The Labute approximate surface area is 321 Å². The van der Waals surface area contributed by atoms with Gasteiger partial charge in [-0.25, -0.2) is 4.57 Å². The predicted octanol–water partition coefficient (Wildman–Crippen LogP) is 12.0. The van der Waals surface area contributed by atoms with Crippen molar-refractivity contribution in [3.63, 3.8) is 0 Å². The molecule has 0 fully saturated rings. The molecule has 0 aromatic rings. The van der Waals surface area contributed by atoms with E-state index in [9.17, 15) is 19.0 Å². The molecular weight excluding hydrogens is 677 g/mol. The van der Waals surface area contributed by atoms with E-state index in [2.05, 4.69) is 13.8 Å². The number of hydrogen-bond acceptors (Lipinski definition) is 7. The van der Waals surface area contributed by atoms with Gasteiger partial charge < -0.3 is 18.9 Å². The lowest BCUT2D eigenvalue weighted by Gasteiger charge is -2.24. The van der Waals surface area contributed by atoms with E-state index in [1.165, 1.54) is 141 Å². The molecule has 1 N–H and O–H groups in total. The molecule has 0 spiro atoms. The van der Waals surface area contributed by atoms with Crippen LogP contribution in [0.4, 0.5) is 0 Å². The minimum atomic E-state index is -4.36. The topological polar surface area (TPSA) is 108 Å². The van der Waals surface area contributed by atoms with Gasteiger partial charge in [-0.3, -0.25) is 18.6 Å². The van der Waals surface area contributed by atoms with Crippen molar-refractivity contribution in [2.24, 2.45) is 0 Å². The summed E-state index contributed by atoms with van der Waals surface area (Å²) >= 11 is 0. The number of hydrogen-bond donors (Lipinski definition) is 1. The second-order valence-electron chi connectivity index (χ2n) is 16.1. The lowest BCUT2D eigenvalue weighted by Crippen LogP contribution is -2.37. The molecule has 0 rings (SSSR count). The van der Waals surface area contributed by atoms with E-state index >= 15 is 0 Å². The third kappa shape index (κ3) is 38.7. The van der Waals surface area contributed by atoms with E-state index in [0.717, 1.165) is 38.5 Å². The molecule has 0 amide bonds. The molecule has 0 aromatic heterocycles. The van der Waals surface area contributed by atoms with Crippen molar-refractivity contribution in [3.05, 3.63) is 0 Å². The van der Waals surface area contributed by atoms with Crippen LogP contribution in [0, 0.1) is 0 Å². The average molecular weight is 763 g/mol. The SMILES string of the molecule is CCCCCCCCCCCCCCCCCCCCCC(=O)OC(COC(=O)CCCCCCCCCCC)COP(=O)(O)OCC[N+](C)(C)C. The van der Waals surface area contributed by atoms with Crippen LogP contribution >= 0.6 is 7.82 Å². The lowest BCUT2D eigenvalue weighted by molar-refractivity contribution is -0.870. The number of ether oxygens (including phenoxy) is 2. The van der Waals surface area contributed by atoms with Crippen molar-refractivity contribution in [1.82, 2.24) is 0 Å². The van der Waals surface area contributed by atoms with Crippen LogP contribution in [-0.4, -0.2) is 74.9 Å². The molecule has 2 unspecified atom stereocenters. The van der Waals surface area contributed by atoms with Gasteiger partial charge in [-0.1, -0.05) is 181 Å². The summed E-state index contributed by atoms with van der Waals surface area (Å²) in [5, 5.41) is 0. The highest BCUT2D eigenvalue weighted by molar-refractivity contribution is 7.47. The molecule has 0 saturated carbocycles. The number of carbonyl (C=O) groups is 2. The number of quaternary nitrogens is 1. The third-order valence-electron chi connectivity index (χ3n) is 9.64. The van der Waals surface area contributed by atoms with Gasteiger partial charge in [0.2, 0.25) is 0 Å². The molecule has 0 aromatic carbocycles. The van der Waals surface area contributed by atoms with E-state index < -0.39 is 26.5 Å². The molecule has 2 atom stereocenters. The number of unbranched alkanes of at least 4 members (excludes halogenated alkanes) is 26. The van der Waals surface area contributed by atoms with Gasteiger partial charge in [-0.05, 0) is 12.8 Å². The van der Waals surface area contributed by atoms with Crippen LogP contribution in [0.5, 0.6) is 0 Å². The zero-order valence-corrected chi connectivity index (χ0v) is 35.7. The fourth-order valence-corrected chi connectivity index (χ4v) is 6.93. The molecule has 0 bridgehead atoms. The Morgan fingerprint density at radius 2 is 0.865 bits per heavy atom. The Kier molecular flexibility index (Phi) is 35.0. The summed E-state index contributed by atoms with van der Waals surface area (Å²) in [5.41, 5.74) is 0. The number of likely N-dealkylation sites (N-methyl/N-ethyl adjacent to an activating group) is 1. The first kappa shape index (κ1) is 51.0. The summed E-state index contributed by atoms with van der Waals surface area (Å²) in [4.78, 5) is 35.2. The Morgan fingerprint density at radius 1 is 0.519 bits per heavy atom. The highest BCUT2D eigenvalue weighted by Gasteiger charge is 2.27. The average Bonchev–Trinajstić information content (AvgIpc) is 3.09. The maximum absolute atomic E-state index is 12.7. The highest BCUT2D eigenvalue weighted by atomic mass is 31.2. The van der Waals surface area contributed by atoms with Gasteiger partial charge in [0.15, 0.2) is 6.10 Å². The van der Waals surface area contributed by atoms with Gasteiger partial charge in [0.05, 0.1) is 27.7 Å². The molecule has 0 heterocycles. The van der Waals surface area contributed by atoms with Crippen molar-refractivity contribution in [3.8, 4) is 0 Å². The molecule has 0 saturated heterocycles. The molecular formula is C42H85NO8P+. The Bertz CT molecular complexity index is 865. The number of rotatable bonds is 40. The van der Waals surface area contributed by atoms with Crippen LogP contribution in [0.2, 0.25) is 0 Å². The summed E-state index contributed by atoms with van der Waals surface area (Å²) in [6.45, 7) is 4.43. The second-order valence-corrected chi connectivity index (χ2v) is 17.6. The minimum Gasteiger partial charge on any atom is -0.462 e. The van der Waals surface area contributed by atoms with E-state index in [1.807, 2.05) is 21.1 Å². The standard InChI is InChI=1S/C42H84NO8P/c1-6-8-10-12-14-16-17-18-19-20-21-22-23-24-25-27-29-31-33-35-42(45)51-40(39-50-52(46,47)49-37-36-43(3,4)5)38-48-41(44)34-32-30-28-26-15-13-11-9-7-2/h40H,6-39H2,1-5H3/p+1. The number of esters is 2. The van der Waals surface area contributed by atoms with Gasteiger partial charge in [-0.2, -0.15) is 0 Å². The smallest absolute Gasteiger partial charge is 0.462 e. The first-order valence-electron chi connectivity index (χ1n) is 21.8. The number of carbonyl (C=O) groups excluding carboxylic acids is 2. The molecule has 0 aliphatic heterocycles. The summed E-state index contributed by atoms with van der Waals surface area (Å²) < 4.78 is 34.2. The quantitative estimate of drug-likeness (QED) is 0.0284. The van der Waals surface area contributed by atoms with Gasteiger partial charge in [0.1, 0.15) is 19.8 Å². The Morgan fingerprint density at radius 3 is 1.23 bits per heavy atom. The Hall–Kier alpha value is -0.990. The van der Waals surface area contributed by atoms with Crippen LogP contribution in [0.25, 0.3) is 0 Å². The summed E-state index contributed by atoms with van der Waals surface area (Å²) in [6, 6.07) is 0. The van der Waals surface area contributed by atoms with Gasteiger partial charge in [0, 0.05) is 12.8 Å². The minimum absolute atomic E-state index is 0.0366. The number of phosphoric acid groups is 1. The predicted molar refractivity (Wildman–Crippen MR) is 215 cm³/mol. The van der Waals surface area contributed by atoms with Gasteiger partial charge in [0.25, 0.3) is 0 Å². The highest BCUT2D eigenvalue weighted by Crippen LogP contribution is 2.43. The zero-order chi connectivity index (χ0) is 38.6. The van der Waals surface area contributed by atoms with Crippen LogP contribution in [0.1, 0.15) is 206 Å². The number of nitrogens with zero attached hydrogens (tertiary/aromatic N) is 1. The van der Waals surface area contributed by atoms with Crippen LogP contribution < -0.4 is 0 Å². The van der Waals surface area contributed by atoms with Crippen LogP contribution in [-0.2, 0) is 32.7 Å². The summed E-state index contributed by atoms with van der Waals surface area (Å²) in [7, 11) is 1.49. The second kappa shape index (κ2) is 35.7. The van der Waals surface area contributed by atoms with E-state index in [1.54, 1.807) is 0 Å². The molecule has 310 valence electrons. The molecule has 0 aliphatic rings. The van der Waals surface area contributed by atoms with Gasteiger partial charge >= 0.3 is 19.8 Å². The van der Waals surface area contributed by atoms with Crippen molar-refractivity contribution in [1.29, 1.82) is 0 Å². The maximum Gasteiger partial charge on any atom is 0.472 e. The van der Waals surface area contributed by atoms with Crippen LogP contribution in [0.15, 0.2) is 0 Å². The normalized spacial score (nSPS) is 13.6. The van der Waals surface area contributed by atoms with E-state index in [0.29, 0.717) is 17.4 Å². The third-order valence-corrected chi connectivity index (χ3v) is 10.6. The van der Waals surface area contributed by atoms with E-state index in [-0.39, 0.29) is 25.6 Å². The zero-order valence-electron chi connectivity index (χ0n) is 34.8. The molecule has 0 radical (unpaired) electrons. The summed E-state index contributed by atoms with van der Waals surface area (Å²) in [5.74, 6) is -0.788. The fraction of sp³-hybridized carbons (Fsp3) is 0.952. The van der Waals surface area contributed by atoms with Crippen molar-refractivity contribution in [2.75, 3.05) is 47.5 Å². The van der Waals surface area contributed by atoms with Crippen molar-refractivity contribution in [2.45, 2.75) is 213 Å². The Balaban J connectivity index is 4.24. The fourth-order valence-electron chi connectivity index (χ4n) is 6.19. The van der Waals surface area contributed by atoms with Gasteiger partial charge in [-0.15, -0.1) is 0 Å². The lowest BCUT2D eigenvalue weighted by atomic mass is 10.0. The first-order valence-corrected chi connectivity index (χ1v) is 23.3. The van der Waals surface area contributed by atoms with Crippen LogP contribution in [0.3, 0.4) is 0 Å². The largest absolute Gasteiger partial charge is 0.472 e. The van der Waals surface area contributed by atoms with Crippen molar-refractivity contribution >= 4 is 19.8 Å². The number of phosphoric ester groups is 1. The van der Waals surface area contributed by atoms with E-state index in [4.69, 9.17) is 18.5 Å². The van der Waals surface area contributed by atoms with Crippen molar-refractivity contribution < 1.29 is 42.1 Å².